The fourth-order valence-corrected chi connectivity index (χ4v) is 2.85. The highest BCUT2D eigenvalue weighted by Crippen LogP contribution is 2.35. The summed E-state index contributed by atoms with van der Waals surface area (Å²) in [6.45, 7) is 5.45. The Morgan fingerprint density at radius 2 is 1.69 bits per heavy atom. The van der Waals surface area contributed by atoms with E-state index in [9.17, 15) is 14.4 Å². The van der Waals surface area contributed by atoms with E-state index in [0.717, 1.165) is 0 Å². The number of fused-ring (bicyclic) bond motifs is 2. The molecule has 1 aliphatic carbocycles. The number of carbonyl (C=O) groups excluding carboxylic acids is 3. The molecule has 26 heavy (non-hydrogen) atoms. The molecule has 0 atom stereocenters. The maximum Gasteiger partial charge on any atom is 0.333 e. The van der Waals surface area contributed by atoms with E-state index in [1.165, 1.54) is 0 Å². The Hall–Kier alpha value is -3.41. The van der Waals surface area contributed by atoms with Gasteiger partial charge in [0.2, 0.25) is 0 Å². The third-order valence-corrected chi connectivity index (χ3v) is 4.11. The van der Waals surface area contributed by atoms with Crippen LogP contribution in [-0.4, -0.2) is 30.7 Å². The predicted octanol–water partition coefficient (Wildman–Crippen LogP) is 2.58. The molecule has 0 saturated carbocycles. The van der Waals surface area contributed by atoms with Crippen LogP contribution in [0.1, 0.15) is 38.8 Å². The summed E-state index contributed by atoms with van der Waals surface area (Å²) in [6.07, 6.45) is 0. The highest BCUT2D eigenvalue weighted by atomic mass is 16.5. The van der Waals surface area contributed by atoms with Gasteiger partial charge >= 0.3 is 5.97 Å². The number of rotatable bonds is 5. The molecule has 0 saturated heterocycles. The Kier molecular flexibility index (Phi) is 4.58. The maximum absolute atomic E-state index is 12.9. The van der Waals surface area contributed by atoms with E-state index in [1.54, 1.807) is 43.3 Å². The van der Waals surface area contributed by atoms with E-state index in [1.807, 2.05) is 0 Å². The molecule has 6 heteroatoms. The molecule has 0 bridgehead atoms. The number of esters is 1. The van der Waals surface area contributed by atoms with Gasteiger partial charge in [0.1, 0.15) is 6.61 Å². The van der Waals surface area contributed by atoms with Crippen molar-refractivity contribution in [1.82, 2.24) is 0 Å². The number of ether oxygens (including phenoxy) is 1. The number of nitrogens with one attached hydrogen (secondary N) is 1. The highest BCUT2D eigenvalue weighted by Gasteiger charge is 2.33. The van der Waals surface area contributed by atoms with E-state index in [4.69, 9.17) is 10.5 Å². The quantitative estimate of drug-likeness (QED) is 0.318. The van der Waals surface area contributed by atoms with Crippen molar-refractivity contribution < 1.29 is 19.1 Å². The number of anilines is 2. The minimum Gasteiger partial charge on any atom is -0.460 e. The molecule has 0 unspecified atom stereocenters. The molecule has 1 aliphatic rings. The fourth-order valence-electron chi connectivity index (χ4n) is 2.85. The van der Waals surface area contributed by atoms with Gasteiger partial charge in [-0.2, -0.15) is 0 Å². The Morgan fingerprint density at radius 3 is 2.31 bits per heavy atom. The van der Waals surface area contributed by atoms with Crippen LogP contribution in [0.3, 0.4) is 0 Å². The third kappa shape index (κ3) is 2.97. The highest BCUT2D eigenvalue weighted by molar-refractivity contribution is 6.31. The first-order valence-electron chi connectivity index (χ1n) is 8.09. The second kappa shape index (κ2) is 6.84. The number of carbonyl (C=O) groups is 3. The van der Waals surface area contributed by atoms with Gasteiger partial charge in [0, 0.05) is 34.6 Å². The Balaban J connectivity index is 1.88. The van der Waals surface area contributed by atoms with Crippen molar-refractivity contribution in [2.45, 2.75) is 6.92 Å². The summed E-state index contributed by atoms with van der Waals surface area (Å²) < 4.78 is 5.02. The average molecular weight is 350 g/mol. The molecule has 0 aliphatic heterocycles. The molecule has 0 radical (unpaired) electrons. The zero-order chi connectivity index (χ0) is 18.8. The molecule has 3 rings (SSSR count). The smallest absolute Gasteiger partial charge is 0.333 e. The van der Waals surface area contributed by atoms with Crippen molar-refractivity contribution in [1.29, 1.82) is 0 Å². The molecule has 0 amide bonds. The van der Waals surface area contributed by atoms with Gasteiger partial charge in [-0.25, -0.2) is 4.79 Å². The van der Waals surface area contributed by atoms with E-state index in [0.29, 0.717) is 22.4 Å². The summed E-state index contributed by atoms with van der Waals surface area (Å²) in [5.74, 6) is -1.01. The van der Waals surface area contributed by atoms with Crippen LogP contribution in [0.4, 0.5) is 11.4 Å². The van der Waals surface area contributed by atoms with Crippen molar-refractivity contribution in [3.05, 3.63) is 70.8 Å². The number of hydrogen-bond acceptors (Lipinski definition) is 6. The lowest BCUT2D eigenvalue weighted by Gasteiger charge is -2.22. The molecular weight excluding hydrogens is 332 g/mol. The van der Waals surface area contributed by atoms with Crippen LogP contribution in [-0.2, 0) is 9.53 Å². The zero-order valence-electron chi connectivity index (χ0n) is 14.3. The SMILES string of the molecule is C=C(C)C(=O)OCCNc1ccc(N)c2c1C(=O)c1ccccc1C2=O. The van der Waals surface area contributed by atoms with Crippen LogP contribution in [0.2, 0.25) is 0 Å². The lowest BCUT2D eigenvalue weighted by molar-refractivity contribution is -0.138. The molecule has 2 aromatic carbocycles. The lowest BCUT2D eigenvalue weighted by atomic mass is 9.82. The molecule has 0 spiro atoms. The van der Waals surface area contributed by atoms with Crippen LogP contribution in [0, 0.1) is 0 Å². The van der Waals surface area contributed by atoms with Crippen LogP contribution in [0.15, 0.2) is 48.6 Å². The number of hydrogen-bond donors (Lipinski definition) is 2. The summed E-state index contributed by atoms with van der Waals surface area (Å²) >= 11 is 0. The van der Waals surface area contributed by atoms with Crippen molar-refractivity contribution in [2.75, 3.05) is 24.2 Å². The Morgan fingerprint density at radius 1 is 1.08 bits per heavy atom. The summed E-state index contributed by atoms with van der Waals surface area (Å²) in [5.41, 5.74) is 8.18. The van der Waals surface area contributed by atoms with E-state index in [-0.39, 0.29) is 41.5 Å². The van der Waals surface area contributed by atoms with Crippen molar-refractivity contribution in [3.63, 3.8) is 0 Å². The number of nitrogens with two attached hydrogens (primary N) is 1. The molecule has 3 N–H and O–H groups in total. The van der Waals surface area contributed by atoms with Gasteiger partial charge in [0.15, 0.2) is 11.6 Å². The van der Waals surface area contributed by atoms with Gasteiger partial charge < -0.3 is 15.8 Å². The van der Waals surface area contributed by atoms with E-state index < -0.39 is 5.97 Å². The van der Waals surface area contributed by atoms with Crippen LogP contribution in [0.5, 0.6) is 0 Å². The van der Waals surface area contributed by atoms with Crippen LogP contribution >= 0.6 is 0 Å². The molecule has 0 aromatic heterocycles. The van der Waals surface area contributed by atoms with Crippen molar-refractivity contribution >= 4 is 28.9 Å². The standard InChI is InChI=1S/C20H18N2O4/c1-11(2)20(25)26-10-9-22-15-8-7-14(21)16-17(15)19(24)13-6-4-3-5-12(13)18(16)23/h3-8,22H,1,9-10,21H2,2H3. The number of ketones is 2. The third-order valence-electron chi connectivity index (χ3n) is 4.11. The number of benzene rings is 2. The number of nitrogen functional groups attached to an aromatic ring is 1. The van der Waals surface area contributed by atoms with Crippen molar-refractivity contribution in [2.24, 2.45) is 0 Å². The summed E-state index contributed by atoms with van der Waals surface area (Å²) in [4.78, 5) is 37.1. The first-order chi connectivity index (χ1) is 12.4. The van der Waals surface area contributed by atoms with Gasteiger partial charge in [-0.3, -0.25) is 9.59 Å². The van der Waals surface area contributed by atoms with Gasteiger partial charge in [-0.15, -0.1) is 0 Å². The first-order valence-corrected chi connectivity index (χ1v) is 8.09. The predicted molar refractivity (Wildman–Crippen MR) is 98.4 cm³/mol. The van der Waals surface area contributed by atoms with Gasteiger partial charge in [-0.1, -0.05) is 30.8 Å². The summed E-state index contributed by atoms with van der Waals surface area (Å²) in [7, 11) is 0. The zero-order valence-corrected chi connectivity index (χ0v) is 14.3. The van der Waals surface area contributed by atoms with E-state index in [2.05, 4.69) is 11.9 Å². The van der Waals surface area contributed by atoms with Gasteiger partial charge in [-0.05, 0) is 19.1 Å². The van der Waals surface area contributed by atoms with Gasteiger partial charge in [0.25, 0.3) is 0 Å². The lowest BCUT2D eigenvalue weighted by Crippen LogP contribution is -2.24. The topological polar surface area (TPSA) is 98.5 Å². The summed E-state index contributed by atoms with van der Waals surface area (Å²) in [5, 5.41) is 3.04. The molecule has 0 fully saturated rings. The Labute approximate surface area is 150 Å². The minimum atomic E-state index is -0.480. The second-order valence-corrected chi connectivity index (χ2v) is 6.00. The Bertz CT molecular complexity index is 947. The van der Waals surface area contributed by atoms with Gasteiger partial charge in [0.05, 0.1) is 11.1 Å². The largest absolute Gasteiger partial charge is 0.460 e. The maximum atomic E-state index is 12.9. The normalized spacial score (nSPS) is 12.2. The van der Waals surface area contributed by atoms with Crippen molar-refractivity contribution in [3.8, 4) is 0 Å². The monoisotopic (exact) mass is 350 g/mol. The molecule has 132 valence electrons. The minimum absolute atomic E-state index is 0.101. The molecular formula is C20H18N2O4. The van der Waals surface area contributed by atoms with E-state index >= 15 is 0 Å². The summed E-state index contributed by atoms with van der Waals surface area (Å²) in [6, 6.07) is 9.90. The van der Waals surface area contributed by atoms with Crippen LogP contribution < -0.4 is 11.1 Å². The molecule has 0 heterocycles. The average Bonchev–Trinajstić information content (AvgIpc) is 2.63. The first kappa shape index (κ1) is 17.4. The fraction of sp³-hybridized carbons (Fsp3) is 0.150. The molecule has 2 aromatic rings. The second-order valence-electron chi connectivity index (χ2n) is 6.00. The van der Waals surface area contributed by atoms with Crippen LogP contribution in [0.25, 0.3) is 0 Å². The molecule has 6 nitrogen and oxygen atoms in total.